The lowest BCUT2D eigenvalue weighted by Crippen LogP contribution is -2.07. The highest BCUT2D eigenvalue weighted by molar-refractivity contribution is 7.19. The van der Waals surface area contributed by atoms with Gasteiger partial charge in [-0.05, 0) is 23.8 Å². The van der Waals surface area contributed by atoms with Gasteiger partial charge in [0.15, 0.2) is 11.0 Å². The Balaban J connectivity index is 1.60. The van der Waals surface area contributed by atoms with Gasteiger partial charge >= 0.3 is 0 Å². The van der Waals surface area contributed by atoms with E-state index in [0.717, 1.165) is 33.3 Å². The highest BCUT2D eigenvalue weighted by Crippen LogP contribution is 2.38. The van der Waals surface area contributed by atoms with Crippen molar-refractivity contribution in [3.63, 3.8) is 0 Å². The normalized spacial score (nSPS) is 11.0. The number of hydrogen-bond acceptors (Lipinski definition) is 5. The van der Waals surface area contributed by atoms with Gasteiger partial charge < -0.3 is 9.30 Å². The molecule has 4 aromatic rings. The third kappa shape index (κ3) is 4.31. The summed E-state index contributed by atoms with van der Waals surface area (Å²) in [4.78, 5) is 22.5. The van der Waals surface area contributed by atoms with Crippen LogP contribution in [0.2, 0.25) is 0 Å². The molecule has 0 saturated carbocycles. The molecule has 2 aromatic carbocycles. The van der Waals surface area contributed by atoms with E-state index in [0.29, 0.717) is 5.13 Å². The molecule has 7 heteroatoms. The number of aryl methyl sites for hydroxylation is 1. The van der Waals surface area contributed by atoms with Crippen molar-refractivity contribution in [3.8, 4) is 27.7 Å². The smallest absolute Gasteiger partial charge is 0.250 e. The lowest BCUT2D eigenvalue weighted by Gasteiger charge is -2.02. The summed E-state index contributed by atoms with van der Waals surface area (Å²) < 4.78 is 7.15. The summed E-state index contributed by atoms with van der Waals surface area (Å²) >= 11 is 1.40. The summed E-state index contributed by atoms with van der Waals surface area (Å²) in [5.74, 6) is 1.29. The monoisotopic (exact) mass is 416 g/mol. The van der Waals surface area contributed by atoms with Crippen molar-refractivity contribution in [2.75, 3.05) is 12.4 Å². The number of ether oxygens (including phenoxy) is 1. The molecule has 30 heavy (non-hydrogen) atoms. The van der Waals surface area contributed by atoms with Crippen LogP contribution in [0.1, 0.15) is 5.56 Å². The Morgan fingerprint density at radius 2 is 2.00 bits per heavy atom. The van der Waals surface area contributed by atoms with Crippen LogP contribution in [-0.2, 0) is 11.8 Å². The van der Waals surface area contributed by atoms with Crippen LogP contribution in [0.15, 0.2) is 73.1 Å². The third-order valence-electron chi connectivity index (χ3n) is 4.45. The molecule has 0 spiro atoms. The van der Waals surface area contributed by atoms with Crippen LogP contribution in [0, 0.1) is 0 Å². The number of imidazole rings is 1. The summed E-state index contributed by atoms with van der Waals surface area (Å²) in [5, 5.41) is 3.39. The Morgan fingerprint density at radius 3 is 2.73 bits per heavy atom. The van der Waals surface area contributed by atoms with Gasteiger partial charge in [0.25, 0.3) is 0 Å². The Kier molecular flexibility index (Phi) is 5.72. The molecule has 2 aromatic heterocycles. The van der Waals surface area contributed by atoms with Gasteiger partial charge in [0.2, 0.25) is 5.91 Å². The molecule has 0 aliphatic rings. The van der Waals surface area contributed by atoms with E-state index >= 15 is 0 Å². The molecule has 2 heterocycles. The second kappa shape index (κ2) is 8.75. The number of carbonyl (C=O) groups excluding carboxylic acids is 1. The Labute approximate surface area is 178 Å². The summed E-state index contributed by atoms with van der Waals surface area (Å²) in [6.07, 6.45) is 6.86. The number of carbonyl (C=O) groups is 1. The number of nitrogens with one attached hydrogen (secondary N) is 1. The van der Waals surface area contributed by atoms with E-state index in [1.54, 1.807) is 19.4 Å². The summed E-state index contributed by atoms with van der Waals surface area (Å²) in [5.41, 5.74) is 2.64. The second-order valence-corrected chi connectivity index (χ2v) is 7.52. The van der Waals surface area contributed by atoms with Gasteiger partial charge in [-0.2, -0.15) is 0 Å². The fourth-order valence-electron chi connectivity index (χ4n) is 2.97. The molecular formula is C23H20N4O2S. The number of aromatic nitrogens is 3. The van der Waals surface area contributed by atoms with Gasteiger partial charge in [0.1, 0.15) is 5.75 Å². The molecule has 4 rings (SSSR count). The van der Waals surface area contributed by atoms with E-state index < -0.39 is 0 Å². The van der Waals surface area contributed by atoms with Crippen LogP contribution < -0.4 is 10.1 Å². The lowest BCUT2D eigenvalue weighted by molar-refractivity contribution is -0.111. The van der Waals surface area contributed by atoms with Crippen molar-refractivity contribution < 1.29 is 9.53 Å². The van der Waals surface area contributed by atoms with Gasteiger partial charge in [-0.1, -0.05) is 53.8 Å². The van der Waals surface area contributed by atoms with E-state index in [-0.39, 0.29) is 5.91 Å². The second-order valence-electron chi connectivity index (χ2n) is 6.52. The zero-order chi connectivity index (χ0) is 20.9. The Hall–Kier alpha value is -3.71. The number of amides is 1. The molecule has 0 radical (unpaired) electrons. The Bertz CT molecular complexity index is 1190. The highest BCUT2D eigenvalue weighted by Gasteiger charge is 2.18. The van der Waals surface area contributed by atoms with E-state index in [4.69, 9.17) is 4.74 Å². The molecule has 1 amide bonds. The first kappa shape index (κ1) is 19.6. The average molecular weight is 417 g/mol. The zero-order valence-electron chi connectivity index (χ0n) is 16.6. The van der Waals surface area contributed by atoms with Crippen LogP contribution in [0.25, 0.3) is 28.0 Å². The van der Waals surface area contributed by atoms with Gasteiger partial charge in [-0.3, -0.25) is 10.1 Å². The van der Waals surface area contributed by atoms with Gasteiger partial charge in [0.05, 0.1) is 17.7 Å². The van der Waals surface area contributed by atoms with E-state index in [2.05, 4.69) is 15.3 Å². The molecule has 0 aliphatic heterocycles. The van der Waals surface area contributed by atoms with E-state index in [1.165, 1.54) is 17.4 Å². The maximum atomic E-state index is 12.5. The average Bonchev–Trinajstić information content (AvgIpc) is 3.38. The van der Waals surface area contributed by atoms with Gasteiger partial charge in [-0.25, -0.2) is 9.97 Å². The summed E-state index contributed by atoms with van der Waals surface area (Å²) in [6.45, 7) is 0. The first-order chi connectivity index (χ1) is 14.6. The number of benzene rings is 2. The standard InChI is InChI=1S/C23H20N4O2S/c1-27-14-13-24-22(27)21-20(17-8-4-3-5-9-17)26-23(30-21)25-19(28)12-11-16-7-6-10-18(15-16)29-2/h3-15H,1-2H3,(H,25,26,28)/b12-11+. The molecule has 1 N–H and O–H groups in total. The number of hydrogen-bond donors (Lipinski definition) is 1. The number of rotatable bonds is 6. The zero-order valence-corrected chi connectivity index (χ0v) is 17.4. The predicted molar refractivity (Wildman–Crippen MR) is 120 cm³/mol. The maximum absolute atomic E-state index is 12.5. The third-order valence-corrected chi connectivity index (χ3v) is 5.42. The van der Waals surface area contributed by atoms with Crippen LogP contribution >= 0.6 is 11.3 Å². The Morgan fingerprint density at radius 1 is 1.17 bits per heavy atom. The van der Waals surface area contributed by atoms with Crippen molar-refractivity contribution in [2.45, 2.75) is 0 Å². The first-order valence-corrected chi connectivity index (χ1v) is 10.1. The predicted octanol–water partition coefficient (Wildman–Crippen LogP) is 4.87. The minimum absolute atomic E-state index is 0.252. The van der Waals surface area contributed by atoms with Crippen molar-refractivity contribution >= 4 is 28.5 Å². The van der Waals surface area contributed by atoms with E-state index in [1.807, 2.05) is 72.4 Å². The molecule has 6 nitrogen and oxygen atoms in total. The first-order valence-electron chi connectivity index (χ1n) is 9.31. The van der Waals surface area contributed by atoms with Gasteiger partial charge in [-0.15, -0.1) is 0 Å². The minimum Gasteiger partial charge on any atom is -0.497 e. The molecule has 0 fully saturated rings. The molecule has 0 saturated heterocycles. The fraction of sp³-hybridized carbons (Fsp3) is 0.0870. The van der Waals surface area contributed by atoms with Crippen molar-refractivity contribution in [3.05, 3.63) is 78.6 Å². The van der Waals surface area contributed by atoms with Crippen molar-refractivity contribution in [2.24, 2.45) is 7.05 Å². The molecule has 0 atom stereocenters. The number of thiazole rings is 1. The topological polar surface area (TPSA) is 69.0 Å². The molecule has 150 valence electrons. The molecule has 0 bridgehead atoms. The molecule has 0 aliphatic carbocycles. The lowest BCUT2D eigenvalue weighted by atomic mass is 10.1. The number of methoxy groups -OCH3 is 1. The number of nitrogens with zero attached hydrogens (tertiary/aromatic N) is 3. The largest absolute Gasteiger partial charge is 0.497 e. The van der Waals surface area contributed by atoms with Crippen molar-refractivity contribution in [1.82, 2.24) is 14.5 Å². The molecule has 0 unspecified atom stereocenters. The van der Waals surface area contributed by atoms with Crippen LogP contribution in [0.4, 0.5) is 5.13 Å². The SMILES string of the molecule is COc1cccc(/C=C/C(=O)Nc2nc(-c3ccccc3)c(-c3nccn3C)s2)c1. The number of anilines is 1. The van der Waals surface area contributed by atoms with Crippen LogP contribution in [-0.4, -0.2) is 27.6 Å². The van der Waals surface area contributed by atoms with Gasteiger partial charge in [0, 0.05) is 31.1 Å². The summed E-state index contributed by atoms with van der Waals surface area (Å²) in [7, 11) is 3.55. The minimum atomic E-state index is -0.252. The molecular weight excluding hydrogens is 396 g/mol. The van der Waals surface area contributed by atoms with Crippen molar-refractivity contribution in [1.29, 1.82) is 0 Å². The summed E-state index contributed by atoms with van der Waals surface area (Å²) in [6, 6.07) is 17.4. The van der Waals surface area contributed by atoms with E-state index in [9.17, 15) is 4.79 Å². The maximum Gasteiger partial charge on any atom is 0.250 e. The highest BCUT2D eigenvalue weighted by atomic mass is 32.1. The fourth-order valence-corrected chi connectivity index (χ4v) is 4.00. The van der Waals surface area contributed by atoms with Crippen LogP contribution in [0.5, 0.6) is 5.75 Å². The quantitative estimate of drug-likeness (QED) is 0.455. The van der Waals surface area contributed by atoms with Crippen LogP contribution in [0.3, 0.4) is 0 Å².